The number of amides is 1. The van der Waals surface area contributed by atoms with E-state index in [4.69, 9.17) is 0 Å². The van der Waals surface area contributed by atoms with E-state index in [1.807, 2.05) is 42.5 Å². The Morgan fingerprint density at radius 3 is 2.36 bits per heavy atom. The number of ether oxygens (including phenoxy) is 1. The van der Waals surface area contributed by atoms with Gasteiger partial charge in [-0.3, -0.25) is 4.79 Å². The van der Waals surface area contributed by atoms with Crippen molar-refractivity contribution in [2.45, 2.75) is 6.04 Å². The maximum atomic E-state index is 12.5. The lowest BCUT2D eigenvalue weighted by molar-refractivity contribution is -0.142. The van der Waals surface area contributed by atoms with E-state index in [0.29, 0.717) is 5.56 Å². The highest BCUT2D eigenvalue weighted by atomic mass is 32.1. The SMILES string of the molecule is COC(=O)[C@H](CS)NC(=O)c1ccccc1-c1ccccc1. The highest BCUT2D eigenvalue weighted by molar-refractivity contribution is 7.80. The van der Waals surface area contributed by atoms with Crippen molar-refractivity contribution < 1.29 is 14.3 Å². The van der Waals surface area contributed by atoms with Crippen molar-refractivity contribution in [3.63, 3.8) is 0 Å². The van der Waals surface area contributed by atoms with Crippen LogP contribution < -0.4 is 5.32 Å². The molecule has 2 aromatic rings. The summed E-state index contributed by atoms with van der Waals surface area (Å²) in [5.41, 5.74) is 2.25. The first-order valence-electron chi connectivity index (χ1n) is 6.81. The van der Waals surface area contributed by atoms with E-state index >= 15 is 0 Å². The van der Waals surface area contributed by atoms with Gasteiger partial charge in [-0.15, -0.1) is 0 Å². The van der Waals surface area contributed by atoms with Gasteiger partial charge in [-0.25, -0.2) is 4.79 Å². The molecule has 0 aliphatic rings. The largest absolute Gasteiger partial charge is 0.467 e. The Balaban J connectivity index is 2.29. The third-order valence-electron chi connectivity index (χ3n) is 3.23. The molecule has 0 bridgehead atoms. The topological polar surface area (TPSA) is 55.4 Å². The van der Waals surface area contributed by atoms with Crippen LogP contribution in [0.1, 0.15) is 10.4 Å². The highest BCUT2D eigenvalue weighted by Gasteiger charge is 2.22. The fraction of sp³-hybridized carbons (Fsp3) is 0.176. The average molecular weight is 315 g/mol. The van der Waals surface area contributed by atoms with Crippen LogP contribution in [0.5, 0.6) is 0 Å². The smallest absolute Gasteiger partial charge is 0.329 e. The summed E-state index contributed by atoms with van der Waals surface area (Å²) in [7, 11) is 1.28. The zero-order chi connectivity index (χ0) is 15.9. The Labute approximate surface area is 134 Å². The molecule has 0 heterocycles. The minimum absolute atomic E-state index is 0.173. The van der Waals surface area contributed by atoms with Gasteiger partial charge in [-0.05, 0) is 17.2 Å². The van der Waals surface area contributed by atoms with Crippen molar-refractivity contribution in [2.75, 3.05) is 12.9 Å². The Bertz CT molecular complexity index is 658. The van der Waals surface area contributed by atoms with E-state index in [0.717, 1.165) is 11.1 Å². The Hall–Kier alpha value is -2.27. The van der Waals surface area contributed by atoms with Gasteiger partial charge in [0.15, 0.2) is 0 Å². The molecule has 0 aromatic heterocycles. The lowest BCUT2D eigenvalue weighted by Gasteiger charge is -2.16. The first-order chi connectivity index (χ1) is 10.7. The second-order valence-corrected chi connectivity index (χ2v) is 5.01. The number of hydrogen-bond donors (Lipinski definition) is 2. The van der Waals surface area contributed by atoms with Gasteiger partial charge in [0.2, 0.25) is 0 Å². The normalized spacial score (nSPS) is 11.5. The fourth-order valence-corrected chi connectivity index (χ4v) is 2.35. The number of nitrogens with one attached hydrogen (secondary N) is 1. The monoisotopic (exact) mass is 315 g/mol. The van der Waals surface area contributed by atoms with Crippen LogP contribution in [0, 0.1) is 0 Å². The standard InChI is InChI=1S/C17H17NO3S/c1-21-17(20)15(11-22)18-16(19)14-10-6-5-9-13(14)12-7-3-2-4-8-12/h2-10,15,22H,11H2,1H3,(H,18,19)/t15-/m0/s1. The molecule has 1 atom stereocenters. The molecule has 0 saturated carbocycles. The molecule has 0 saturated heterocycles. The summed E-state index contributed by atoms with van der Waals surface area (Å²) >= 11 is 4.08. The summed E-state index contributed by atoms with van der Waals surface area (Å²) in [5.74, 6) is -0.671. The molecule has 0 unspecified atom stereocenters. The van der Waals surface area contributed by atoms with Crippen molar-refractivity contribution in [1.82, 2.24) is 5.32 Å². The molecule has 1 amide bonds. The van der Waals surface area contributed by atoms with Crippen LogP contribution in [0.4, 0.5) is 0 Å². The number of carbonyl (C=O) groups excluding carboxylic acids is 2. The number of hydrogen-bond acceptors (Lipinski definition) is 4. The summed E-state index contributed by atoms with van der Waals surface area (Å²) in [4.78, 5) is 24.1. The fourth-order valence-electron chi connectivity index (χ4n) is 2.11. The Morgan fingerprint density at radius 1 is 1.09 bits per heavy atom. The molecule has 0 spiro atoms. The predicted octanol–water partition coefficient (Wildman–Crippen LogP) is 2.55. The Kier molecular flexibility index (Phi) is 5.61. The van der Waals surface area contributed by atoms with Gasteiger partial charge < -0.3 is 10.1 Å². The zero-order valence-electron chi connectivity index (χ0n) is 12.2. The van der Waals surface area contributed by atoms with E-state index in [1.54, 1.807) is 12.1 Å². The lowest BCUT2D eigenvalue weighted by atomic mass is 9.99. The third kappa shape index (κ3) is 3.68. The van der Waals surface area contributed by atoms with Crippen LogP contribution in [0.25, 0.3) is 11.1 Å². The van der Waals surface area contributed by atoms with Gasteiger partial charge >= 0.3 is 5.97 Å². The van der Waals surface area contributed by atoms with Gasteiger partial charge in [0.05, 0.1) is 7.11 Å². The van der Waals surface area contributed by atoms with E-state index in [-0.39, 0.29) is 11.7 Å². The number of thiol groups is 1. The third-order valence-corrected chi connectivity index (χ3v) is 3.60. The van der Waals surface area contributed by atoms with E-state index < -0.39 is 12.0 Å². The summed E-state index contributed by atoms with van der Waals surface area (Å²) in [6.07, 6.45) is 0. The summed E-state index contributed by atoms with van der Waals surface area (Å²) in [5, 5.41) is 2.65. The number of methoxy groups -OCH3 is 1. The molecule has 0 aliphatic carbocycles. The maximum absolute atomic E-state index is 12.5. The van der Waals surface area contributed by atoms with Crippen LogP contribution in [0.15, 0.2) is 54.6 Å². The quantitative estimate of drug-likeness (QED) is 0.658. The minimum Gasteiger partial charge on any atom is -0.467 e. The molecule has 114 valence electrons. The van der Waals surface area contributed by atoms with Crippen molar-refractivity contribution in [2.24, 2.45) is 0 Å². The molecular formula is C17H17NO3S. The molecular weight excluding hydrogens is 298 g/mol. The molecule has 0 aliphatic heterocycles. The van der Waals surface area contributed by atoms with Crippen molar-refractivity contribution >= 4 is 24.5 Å². The molecule has 5 heteroatoms. The van der Waals surface area contributed by atoms with E-state index in [2.05, 4.69) is 22.7 Å². The second kappa shape index (κ2) is 7.66. The molecule has 2 rings (SSSR count). The number of benzene rings is 2. The van der Waals surface area contributed by atoms with Crippen LogP contribution in [-0.2, 0) is 9.53 Å². The van der Waals surface area contributed by atoms with Gasteiger partial charge in [0, 0.05) is 11.3 Å². The average Bonchev–Trinajstić information content (AvgIpc) is 2.59. The van der Waals surface area contributed by atoms with Crippen LogP contribution in [0.2, 0.25) is 0 Å². The number of carbonyl (C=O) groups is 2. The second-order valence-electron chi connectivity index (χ2n) is 4.64. The van der Waals surface area contributed by atoms with Gasteiger partial charge in [-0.1, -0.05) is 48.5 Å². The van der Waals surface area contributed by atoms with Gasteiger partial charge in [0.1, 0.15) is 6.04 Å². The van der Waals surface area contributed by atoms with Gasteiger partial charge in [-0.2, -0.15) is 12.6 Å². The molecule has 22 heavy (non-hydrogen) atoms. The molecule has 2 aromatic carbocycles. The van der Waals surface area contributed by atoms with Gasteiger partial charge in [0.25, 0.3) is 5.91 Å². The number of esters is 1. The van der Waals surface area contributed by atoms with Crippen molar-refractivity contribution in [3.8, 4) is 11.1 Å². The van der Waals surface area contributed by atoms with Crippen LogP contribution in [0.3, 0.4) is 0 Å². The summed E-state index contributed by atoms with van der Waals surface area (Å²) in [6, 6.07) is 16.1. The zero-order valence-corrected chi connectivity index (χ0v) is 13.0. The molecule has 0 fully saturated rings. The summed E-state index contributed by atoms with van der Waals surface area (Å²) < 4.78 is 4.65. The number of rotatable bonds is 5. The van der Waals surface area contributed by atoms with Crippen LogP contribution in [-0.4, -0.2) is 30.8 Å². The first kappa shape index (κ1) is 16.1. The first-order valence-corrected chi connectivity index (χ1v) is 7.44. The Morgan fingerprint density at radius 2 is 1.73 bits per heavy atom. The van der Waals surface area contributed by atoms with Crippen molar-refractivity contribution in [3.05, 3.63) is 60.2 Å². The maximum Gasteiger partial charge on any atom is 0.329 e. The lowest BCUT2D eigenvalue weighted by Crippen LogP contribution is -2.43. The summed E-state index contributed by atoms with van der Waals surface area (Å²) in [6.45, 7) is 0. The van der Waals surface area contributed by atoms with Crippen molar-refractivity contribution in [1.29, 1.82) is 0 Å². The highest BCUT2D eigenvalue weighted by Crippen LogP contribution is 2.23. The van der Waals surface area contributed by atoms with E-state index in [9.17, 15) is 9.59 Å². The molecule has 0 radical (unpaired) electrons. The minimum atomic E-state index is -0.773. The predicted molar refractivity (Wildman–Crippen MR) is 89.0 cm³/mol. The van der Waals surface area contributed by atoms with Crippen LogP contribution >= 0.6 is 12.6 Å². The molecule has 4 nitrogen and oxygen atoms in total. The molecule has 1 N–H and O–H groups in total. The van der Waals surface area contributed by atoms with E-state index in [1.165, 1.54) is 7.11 Å².